The maximum absolute atomic E-state index is 6.40. The van der Waals surface area contributed by atoms with Crippen LogP contribution in [0.3, 0.4) is 0 Å². The van der Waals surface area contributed by atoms with Gasteiger partial charge in [-0.3, -0.25) is 0 Å². The number of thiophene rings is 1. The average molecular weight is 644 g/mol. The number of fused-ring (bicyclic) bond motifs is 11. The third-order valence-electron chi connectivity index (χ3n) is 9.81. The summed E-state index contributed by atoms with van der Waals surface area (Å²) < 4.78 is 11.3. The quantitative estimate of drug-likeness (QED) is 0.192. The van der Waals surface area contributed by atoms with Crippen molar-refractivity contribution in [2.24, 2.45) is 0 Å². The van der Waals surface area contributed by atoms with E-state index in [2.05, 4.69) is 120 Å². The predicted molar refractivity (Wildman–Crippen MR) is 205 cm³/mol. The molecule has 0 radical (unpaired) electrons. The topological polar surface area (TPSA) is 43.9 Å². The van der Waals surface area contributed by atoms with Gasteiger partial charge in [-0.15, -0.1) is 11.3 Å². The number of aromatic nitrogens is 3. The van der Waals surface area contributed by atoms with Gasteiger partial charge in [0.1, 0.15) is 16.8 Å². The molecule has 0 amide bonds. The van der Waals surface area contributed by atoms with Crippen LogP contribution in [0.2, 0.25) is 0 Å². The molecule has 4 aromatic heterocycles. The SMILES string of the molecule is c1ccc(-c2nc(-c3cc4sc5ccc(-n6c7ccccc7c7ccccc76)cc5c4c4ccccc34)nc3c2oc2ccccc23)cc1. The summed E-state index contributed by atoms with van der Waals surface area (Å²) in [5.74, 6) is 0.694. The van der Waals surface area contributed by atoms with Crippen molar-refractivity contribution in [2.45, 2.75) is 0 Å². The van der Waals surface area contributed by atoms with Crippen LogP contribution in [0.15, 0.2) is 156 Å². The summed E-state index contributed by atoms with van der Waals surface area (Å²) in [5.41, 5.74) is 8.74. The highest BCUT2D eigenvalue weighted by Crippen LogP contribution is 2.44. The maximum Gasteiger partial charge on any atom is 0.180 e. The van der Waals surface area contributed by atoms with Gasteiger partial charge in [0.15, 0.2) is 11.4 Å². The zero-order valence-electron chi connectivity index (χ0n) is 26.1. The second-order valence-electron chi connectivity index (χ2n) is 12.5. The minimum Gasteiger partial charge on any atom is -0.452 e. The van der Waals surface area contributed by atoms with Crippen molar-refractivity contribution in [1.29, 1.82) is 0 Å². The van der Waals surface area contributed by atoms with E-state index in [-0.39, 0.29) is 0 Å². The van der Waals surface area contributed by atoms with Gasteiger partial charge in [-0.1, -0.05) is 103 Å². The first-order chi connectivity index (χ1) is 24.3. The first-order valence-electron chi connectivity index (χ1n) is 16.4. The molecule has 4 nitrogen and oxygen atoms in total. The third kappa shape index (κ3) is 3.85. The van der Waals surface area contributed by atoms with E-state index in [0.717, 1.165) is 44.4 Å². The van der Waals surface area contributed by atoms with Crippen LogP contribution in [-0.2, 0) is 0 Å². The van der Waals surface area contributed by atoms with Gasteiger partial charge in [0.25, 0.3) is 0 Å². The molecule has 11 aromatic rings. The van der Waals surface area contributed by atoms with Gasteiger partial charge < -0.3 is 8.98 Å². The van der Waals surface area contributed by atoms with Gasteiger partial charge in [-0.25, -0.2) is 9.97 Å². The van der Waals surface area contributed by atoms with E-state index in [1.54, 1.807) is 0 Å². The zero-order chi connectivity index (χ0) is 32.1. The number of benzene rings is 7. The summed E-state index contributed by atoms with van der Waals surface area (Å²) in [6, 6.07) is 53.6. The molecule has 0 N–H and O–H groups in total. The van der Waals surface area contributed by atoms with Crippen LogP contribution in [0.5, 0.6) is 0 Å². The number of nitrogens with zero attached hydrogens (tertiary/aromatic N) is 3. The molecule has 0 saturated carbocycles. The largest absolute Gasteiger partial charge is 0.452 e. The van der Waals surface area contributed by atoms with Gasteiger partial charge >= 0.3 is 0 Å². The van der Waals surface area contributed by atoms with Crippen LogP contribution in [-0.4, -0.2) is 14.5 Å². The first kappa shape index (κ1) is 26.7. The van der Waals surface area contributed by atoms with Gasteiger partial charge in [-0.05, 0) is 59.3 Å². The standard InChI is InChI=1S/C44H25N3OS/c1-2-12-26(13-3-1)41-43-42(32-18-8-11-21-37(32)48-43)46-44(45-41)33-25-39-40(31-17-5-4-14-28(31)33)34-24-27(22-23-38(34)49-39)47-35-19-9-6-15-29(35)30-16-7-10-20-36(30)47/h1-25H. The predicted octanol–water partition coefficient (Wildman–Crippen LogP) is 12.3. The van der Waals surface area contributed by atoms with Gasteiger partial charge in [-0.2, -0.15) is 0 Å². The second-order valence-corrected chi connectivity index (χ2v) is 13.6. The van der Waals surface area contributed by atoms with Crippen LogP contribution in [0.4, 0.5) is 0 Å². The smallest absolute Gasteiger partial charge is 0.180 e. The fraction of sp³-hybridized carbons (Fsp3) is 0. The Labute approximate surface area is 284 Å². The Hall–Kier alpha value is -6.30. The van der Waals surface area contributed by atoms with Crippen LogP contribution in [0, 0.1) is 0 Å². The summed E-state index contributed by atoms with van der Waals surface area (Å²) in [7, 11) is 0. The molecular formula is C44H25N3OS. The number of hydrogen-bond donors (Lipinski definition) is 0. The lowest BCUT2D eigenvalue weighted by molar-refractivity contribution is 0.667. The van der Waals surface area contributed by atoms with E-state index in [9.17, 15) is 0 Å². The fourth-order valence-corrected chi connectivity index (χ4v) is 8.80. The Morgan fingerprint density at radius 2 is 1.16 bits per heavy atom. The Balaban J connectivity index is 1.19. The lowest BCUT2D eigenvalue weighted by atomic mass is 9.98. The van der Waals surface area contributed by atoms with E-state index < -0.39 is 0 Å². The molecule has 0 aliphatic rings. The van der Waals surface area contributed by atoms with Gasteiger partial charge in [0.2, 0.25) is 0 Å². The zero-order valence-corrected chi connectivity index (χ0v) is 26.9. The molecule has 5 heteroatoms. The summed E-state index contributed by atoms with van der Waals surface area (Å²) in [6.07, 6.45) is 0. The molecule has 0 aliphatic carbocycles. The highest BCUT2D eigenvalue weighted by Gasteiger charge is 2.21. The van der Waals surface area contributed by atoms with Crippen LogP contribution >= 0.6 is 11.3 Å². The molecule has 4 heterocycles. The number of furan rings is 1. The minimum absolute atomic E-state index is 0.694. The van der Waals surface area contributed by atoms with Crippen molar-refractivity contribution in [2.75, 3.05) is 0 Å². The van der Waals surface area contributed by atoms with Crippen molar-refractivity contribution < 1.29 is 4.42 Å². The lowest BCUT2D eigenvalue weighted by Crippen LogP contribution is -1.95. The molecule has 0 saturated heterocycles. The van der Waals surface area contributed by atoms with Crippen molar-refractivity contribution in [1.82, 2.24) is 14.5 Å². The summed E-state index contributed by atoms with van der Waals surface area (Å²) >= 11 is 1.82. The van der Waals surface area contributed by atoms with Crippen molar-refractivity contribution in [3.63, 3.8) is 0 Å². The fourth-order valence-electron chi connectivity index (χ4n) is 7.66. The Morgan fingerprint density at radius 1 is 0.510 bits per heavy atom. The molecule has 49 heavy (non-hydrogen) atoms. The van der Waals surface area contributed by atoms with Crippen LogP contribution in [0.1, 0.15) is 0 Å². The van der Waals surface area contributed by atoms with Crippen molar-refractivity contribution >= 4 is 86.2 Å². The molecular weight excluding hydrogens is 619 g/mol. The van der Waals surface area contributed by atoms with E-state index in [4.69, 9.17) is 14.4 Å². The highest BCUT2D eigenvalue weighted by atomic mass is 32.1. The first-order valence-corrected chi connectivity index (χ1v) is 17.2. The van der Waals surface area contributed by atoms with Crippen LogP contribution < -0.4 is 0 Å². The second kappa shape index (κ2) is 10.1. The number of rotatable bonds is 3. The Morgan fingerprint density at radius 3 is 1.94 bits per heavy atom. The Kier molecular flexibility index (Phi) is 5.51. The normalized spacial score (nSPS) is 12.1. The van der Waals surface area contributed by atoms with Gasteiger partial charge in [0, 0.05) is 53.1 Å². The van der Waals surface area contributed by atoms with E-state index >= 15 is 0 Å². The number of hydrogen-bond acceptors (Lipinski definition) is 4. The molecule has 0 spiro atoms. The average Bonchev–Trinajstić information content (AvgIpc) is 3.84. The summed E-state index contributed by atoms with van der Waals surface area (Å²) in [6.45, 7) is 0. The van der Waals surface area contributed by atoms with E-state index in [1.165, 1.54) is 47.4 Å². The minimum atomic E-state index is 0.694. The molecule has 7 aromatic carbocycles. The number of para-hydroxylation sites is 3. The molecule has 0 aliphatic heterocycles. The van der Waals surface area contributed by atoms with Crippen molar-refractivity contribution in [3.8, 4) is 28.3 Å². The molecule has 11 rings (SSSR count). The maximum atomic E-state index is 6.40. The Bertz CT molecular complexity index is 3060. The highest BCUT2D eigenvalue weighted by molar-refractivity contribution is 7.26. The molecule has 0 atom stereocenters. The molecule has 0 bridgehead atoms. The van der Waals surface area contributed by atoms with E-state index in [0.29, 0.717) is 11.4 Å². The van der Waals surface area contributed by atoms with Crippen molar-refractivity contribution in [3.05, 3.63) is 152 Å². The molecule has 0 unspecified atom stereocenters. The third-order valence-corrected chi connectivity index (χ3v) is 10.9. The van der Waals surface area contributed by atoms with Gasteiger partial charge in [0.05, 0.1) is 11.0 Å². The molecule has 0 fully saturated rings. The molecule has 228 valence electrons. The van der Waals surface area contributed by atoms with Crippen LogP contribution in [0.25, 0.3) is 103 Å². The summed E-state index contributed by atoms with van der Waals surface area (Å²) in [5, 5.41) is 8.36. The monoisotopic (exact) mass is 643 g/mol. The lowest BCUT2D eigenvalue weighted by Gasteiger charge is -2.11. The van der Waals surface area contributed by atoms with E-state index in [1.807, 2.05) is 47.7 Å². The summed E-state index contributed by atoms with van der Waals surface area (Å²) in [4.78, 5) is 10.5.